The summed E-state index contributed by atoms with van der Waals surface area (Å²) in [7, 11) is -3.79. The molecule has 0 fully saturated rings. The Morgan fingerprint density at radius 1 is 1.27 bits per heavy atom. The third kappa shape index (κ3) is 3.24. The fraction of sp³-hybridized carbons (Fsp3) is 0.400. The van der Waals surface area contributed by atoms with E-state index in [0.717, 1.165) is 6.26 Å². The monoisotopic (exact) mass is 323 g/mol. The molecule has 2 aromatic rings. The Kier molecular flexibility index (Phi) is 3.95. The first-order chi connectivity index (χ1) is 10.00. The van der Waals surface area contributed by atoms with Gasteiger partial charge >= 0.3 is 5.76 Å². The normalized spacial score (nSPS) is 12.5. The van der Waals surface area contributed by atoms with Crippen LogP contribution in [0, 0.1) is 0 Å². The van der Waals surface area contributed by atoms with E-state index in [1.165, 1.54) is 0 Å². The fourth-order valence-corrected chi connectivity index (χ4v) is 2.57. The van der Waals surface area contributed by atoms with Crippen molar-refractivity contribution in [3.63, 3.8) is 0 Å². The highest BCUT2D eigenvalue weighted by Crippen LogP contribution is 2.28. The third-order valence-electron chi connectivity index (χ3n) is 3.20. The Morgan fingerprint density at radius 3 is 2.45 bits per heavy atom. The summed E-state index contributed by atoms with van der Waals surface area (Å²) in [4.78, 5) is 27.3. The topological polar surface area (TPSA) is 94.3 Å². The van der Waals surface area contributed by atoms with E-state index in [9.17, 15) is 18.0 Å². The van der Waals surface area contributed by atoms with Crippen molar-refractivity contribution >= 4 is 25.9 Å². The molecule has 2 rings (SSSR count). The molecule has 0 radical (unpaired) electrons. The summed E-state index contributed by atoms with van der Waals surface area (Å²) in [6.45, 7) is 5.72. The van der Waals surface area contributed by atoms with Gasteiger partial charge in [-0.3, -0.25) is 4.79 Å². The number of rotatable bonds is 2. The van der Waals surface area contributed by atoms with E-state index < -0.39 is 26.1 Å². The second-order valence-corrected chi connectivity index (χ2v) is 8.19. The van der Waals surface area contributed by atoms with Crippen LogP contribution in [0.5, 0.6) is 0 Å². The first kappa shape index (κ1) is 16.4. The third-order valence-corrected chi connectivity index (χ3v) is 4.17. The van der Waals surface area contributed by atoms with Crippen molar-refractivity contribution in [3.05, 3.63) is 40.0 Å². The van der Waals surface area contributed by atoms with Crippen molar-refractivity contribution in [3.8, 4) is 0 Å². The Morgan fingerprint density at radius 2 is 1.91 bits per heavy atom. The molecule has 0 saturated carbocycles. The van der Waals surface area contributed by atoms with E-state index in [1.807, 2.05) is 20.8 Å². The van der Waals surface area contributed by atoms with Gasteiger partial charge in [-0.2, -0.15) is 4.98 Å². The minimum atomic E-state index is -3.79. The molecule has 118 valence electrons. The summed E-state index contributed by atoms with van der Waals surface area (Å²) in [5.41, 5.74) is 0.725. The van der Waals surface area contributed by atoms with E-state index in [-0.39, 0.29) is 12.0 Å². The summed E-state index contributed by atoms with van der Waals surface area (Å²) >= 11 is 0. The zero-order chi connectivity index (χ0) is 16.7. The van der Waals surface area contributed by atoms with Gasteiger partial charge in [-0.25, -0.2) is 13.2 Å². The van der Waals surface area contributed by atoms with Crippen molar-refractivity contribution in [2.75, 3.05) is 6.26 Å². The highest BCUT2D eigenvalue weighted by molar-refractivity contribution is 8.05. The number of carbonyl (C=O) groups excluding carboxylic acids is 1. The Labute approximate surface area is 128 Å². The van der Waals surface area contributed by atoms with Crippen molar-refractivity contribution in [1.82, 2.24) is 4.98 Å². The molecule has 0 aliphatic heterocycles. The number of carbonyl (C=O) groups is 1. The van der Waals surface area contributed by atoms with E-state index in [0.29, 0.717) is 16.6 Å². The molecule has 0 atom stereocenters. The average Bonchev–Trinajstić information content (AvgIpc) is 2.36. The molecular weight excluding hydrogens is 306 g/mol. The zero-order valence-corrected chi connectivity index (χ0v) is 13.7. The van der Waals surface area contributed by atoms with Crippen molar-refractivity contribution in [1.29, 1.82) is 0 Å². The highest BCUT2D eigenvalue weighted by atomic mass is 32.2. The van der Waals surface area contributed by atoms with Crippen LogP contribution in [-0.2, 0) is 26.5 Å². The number of fused-ring (bicyclic) bond motifs is 1. The molecule has 0 spiro atoms. The van der Waals surface area contributed by atoms with Crippen LogP contribution in [0.1, 0.15) is 32.0 Å². The first-order valence-corrected chi connectivity index (χ1v) is 8.55. The van der Waals surface area contributed by atoms with Crippen LogP contribution in [0.25, 0.3) is 11.0 Å². The van der Waals surface area contributed by atoms with Crippen LogP contribution in [0.15, 0.2) is 27.4 Å². The predicted molar refractivity (Wildman–Crippen MR) is 82.5 cm³/mol. The van der Waals surface area contributed by atoms with E-state index in [1.54, 1.807) is 18.2 Å². The maximum Gasteiger partial charge on any atom is 0.439 e. The largest absolute Gasteiger partial charge is 0.439 e. The molecule has 0 N–H and O–H groups in total. The molecule has 7 heteroatoms. The smallest absolute Gasteiger partial charge is 0.408 e. The number of para-hydroxylation sites is 1. The quantitative estimate of drug-likeness (QED) is 0.833. The Bertz CT molecular complexity index is 904. The molecule has 0 saturated heterocycles. The number of nitrogens with zero attached hydrogens (tertiary/aromatic N) is 1. The van der Waals surface area contributed by atoms with Crippen LogP contribution in [-0.4, -0.2) is 24.8 Å². The number of sulfone groups is 1. The zero-order valence-electron chi connectivity index (χ0n) is 12.8. The summed E-state index contributed by atoms with van der Waals surface area (Å²) in [6.07, 6.45) is 0.519. The molecule has 0 unspecified atom stereocenters. The molecule has 6 nitrogen and oxygen atoms in total. The molecule has 1 aromatic heterocycles. The average molecular weight is 323 g/mol. The van der Waals surface area contributed by atoms with Gasteiger partial charge in [0, 0.05) is 22.6 Å². The van der Waals surface area contributed by atoms with Crippen LogP contribution in [0.3, 0.4) is 0 Å². The van der Waals surface area contributed by atoms with Gasteiger partial charge in [-0.15, -0.1) is 0 Å². The van der Waals surface area contributed by atoms with Crippen molar-refractivity contribution in [2.45, 2.75) is 32.6 Å². The van der Waals surface area contributed by atoms with Gasteiger partial charge in [0.05, 0.1) is 12.1 Å². The summed E-state index contributed by atoms with van der Waals surface area (Å²) in [5, 5.41) is -0.317. The van der Waals surface area contributed by atoms with Crippen LogP contribution in [0.2, 0.25) is 0 Å². The molecule has 1 aromatic carbocycles. The van der Waals surface area contributed by atoms with E-state index in [4.69, 9.17) is 4.42 Å². The second kappa shape index (κ2) is 5.31. The number of hydrogen-bond donors (Lipinski definition) is 0. The van der Waals surface area contributed by atoms with Crippen molar-refractivity contribution < 1.29 is 17.6 Å². The lowest BCUT2D eigenvalue weighted by Crippen LogP contribution is -2.20. The fourth-order valence-electron chi connectivity index (χ4n) is 2.15. The molecular formula is C15H17NO5S. The number of aromatic nitrogens is 1. The first-order valence-electron chi connectivity index (χ1n) is 6.66. The van der Waals surface area contributed by atoms with Gasteiger partial charge in [0.2, 0.25) is 9.84 Å². The predicted octanol–water partition coefficient (Wildman–Crippen LogP) is 1.60. The van der Waals surface area contributed by atoms with Gasteiger partial charge in [-0.1, -0.05) is 32.9 Å². The standard InChI is InChI=1S/C15H17NO5S/c1-15(2,3)13-10-7-5-6-9(8-11(17)22(4,19)20)12(10)21-14(18)16-13/h5-7H,8H2,1-4H3. The molecule has 0 aliphatic carbocycles. The Balaban J connectivity index is 2.71. The van der Waals surface area contributed by atoms with Gasteiger partial charge in [0.25, 0.3) is 5.12 Å². The van der Waals surface area contributed by atoms with Gasteiger partial charge in [0.15, 0.2) is 0 Å². The highest BCUT2D eigenvalue weighted by Gasteiger charge is 2.23. The Hall–Kier alpha value is -2.02. The van der Waals surface area contributed by atoms with Crippen molar-refractivity contribution in [2.24, 2.45) is 0 Å². The minimum absolute atomic E-state index is 0.212. The maximum atomic E-state index is 11.7. The molecule has 0 amide bonds. The molecule has 1 heterocycles. The maximum absolute atomic E-state index is 11.7. The molecule has 0 bridgehead atoms. The molecule has 22 heavy (non-hydrogen) atoms. The van der Waals surface area contributed by atoms with Gasteiger partial charge in [-0.05, 0) is 6.07 Å². The molecule has 0 aliphatic rings. The van der Waals surface area contributed by atoms with Gasteiger partial charge < -0.3 is 4.42 Å². The van der Waals surface area contributed by atoms with Crippen LogP contribution in [0.4, 0.5) is 0 Å². The number of benzene rings is 1. The lowest BCUT2D eigenvalue weighted by atomic mass is 9.89. The second-order valence-electron chi connectivity index (χ2n) is 6.19. The van der Waals surface area contributed by atoms with E-state index in [2.05, 4.69) is 4.98 Å². The van der Waals surface area contributed by atoms with Gasteiger partial charge in [0.1, 0.15) is 5.58 Å². The lowest BCUT2D eigenvalue weighted by molar-refractivity contribution is -0.111. The van der Waals surface area contributed by atoms with Crippen LogP contribution >= 0.6 is 0 Å². The van der Waals surface area contributed by atoms with E-state index >= 15 is 0 Å². The summed E-state index contributed by atoms with van der Waals surface area (Å²) < 4.78 is 27.7. The summed E-state index contributed by atoms with van der Waals surface area (Å²) in [5.74, 6) is -0.767. The minimum Gasteiger partial charge on any atom is -0.408 e. The summed E-state index contributed by atoms with van der Waals surface area (Å²) in [6, 6.07) is 4.99. The SMILES string of the molecule is CC(C)(C)c1nc(=O)oc2c(CC(=O)S(C)(=O)=O)cccc12. The number of hydrogen-bond acceptors (Lipinski definition) is 6. The lowest BCUT2D eigenvalue weighted by Gasteiger charge is -2.19. The van der Waals surface area contributed by atoms with Crippen LogP contribution < -0.4 is 5.76 Å².